The van der Waals surface area contributed by atoms with Crippen molar-refractivity contribution in [2.75, 3.05) is 19.7 Å². The SMILES string of the molecule is O=C(COc1ccccc1Cl)N1CCC(C(=O)O)(c2ccccc2)CC1. The van der Waals surface area contributed by atoms with Gasteiger partial charge in [-0.3, -0.25) is 9.59 Å². The Morgan fingerprint density at radius 2 is 1.65 bits per heavy atom. The third kappa shape index (κ3) is 3.68. The van der Waals surface area contributed by atoms with E-state index in [-0.39, 0.29) is 12.5 Å². The molecule has 1 N–H and O–H groups in total. The molecule has 0 bridgehead atoms. The number of carboxylic acids is 1. The molecule has 1 saturated heterocycles. The summed E-state index contributed by atoms with van der Waals surface area (Å²) >= 11 is 6.02. The van der Waals surface area contributed by atoms with E-state index in [1.807, 2.05) is 30.3 Å². The molecular formula is C20H20ClNO4. The maximum atomic E-state index is 12.4. The molecule has 6 heteroatoms. The average Bonchev–Trinajstić information content (AvgIpc) is 2.67. The van der Waals surface area contributed by atoms with Crippen LogP contribution in [0.15, 0.2) is 54.6 Å². The third-order valence-corrected chi connectivity index (χ3v) is 5.21. The van der Waals surface area contributed by atoms with E-state index in [9.17, 15) is 14.7 Å². The van der Waals surface area contributed by atoms with Crippen LogP contribution < -0.4 is 4.74 Å². The summed E-state index contributed by atoms with van der Waals surface area (Å²) in [6.45, 7) is 0.646. The van der Waals surface area contributed by atoms with Gasteiger partial charge in [0.2, 0.25) is 0 Å². The van der Waals surface area contributed by atoms with Crippen LogP contribution in [0.4, 0.5) is 0 Å². The zero-order valence-electron chi connectivity index (χ0n) is 14.2. The van der Waals surface area contributed by atoms with Gasteiger partial charge in [0, 0.05) is 13.1 Å². The predicted molar refractivity (Wildman–Crippen MR) is 98.5 cm³/mol. The fraction of sp³-hybridized carbons (Fsp3) is 0.300. The highest BCUT2D eigenvalue weighted by atomic mass is 35.5. The van der Waals surface area contributed by atoms with Crippen molar-refractivity contribution >= 4 is 23.5 Å². The molecule has 0 aliphatic carbocycles. The van der Waals surface area contributed by atoms with Gasteiger partial charge >= 0.3 is 5.97 Å². The molecule has 2 aromatic carbocycles. The molecule has 1 aliphatic rings. The zero-order chi connectivity index (χ0) is 18.6. The highest BCUT2D eigenvalue weighted by Crippen LogP contribution is 2.36. The van der Waals surface area contributed by atoms with E-state index >= 15 is 0 Å². The number of aliphatic carboxylic acids is 1. The molecule has 0 atom stereocenters. The first kappa shape index (κ1) is 18.3. The fourth-order valence-corrected chi connectivity index (χ4v) is 3.50. The lowest BCUT2D eigenvalue weighted by molar-refractivity contribution is -0.148. The topological polar surface area (TPSA) is 66.8 Å². The van der Waals surface area contributed by atoms with Crippen LogP contribution in [0.5, 0.6) is 5.75 Å². The van der Waals surface area contributed by atoms with E-state index in [1.165, 1.54) is 0 Å². The number of ether oxygens (including phenoxy) is 1. The van der Waals surface area contributed by atoms with Crippen LogP contribution in [0.2, 0.25) is 5.02 Å². The quantitative estimate of drug-likeness (QED) is 0.872. The number of halogens is 1. The number of nitrogens with zero attached hydrogens (tertiary/aromatic N) is 1. The third-order valence-electron chi connectivity index (χ3n) is 4.89. The Morgan fingerprint density at radius 3 is 2.27 bits per heavy atom. The van der Waals surface area contributed by atoms with Gasteiger partial charge < -0.3 is 14.7 Å². The Hall–Kier alpha value is -2.53. The van der Waals surface area contributed by atoms with Gasteiger partial charge in [0.05, 0.1) is 10.4 Å². The van der Waals surface area contributed by atoms with E-state index < -0.39 is 11.4 Å². The van der Waals surface area contributed by atoms with Crippen molar-refractivity contribution < 1.29 is 19.4 Å². The number of para-hydroxylation sites is 1. The highest BCUT2D eigenvalue weighted by Gasteiger charge is 2.43. The molecule has 2 aromatic rings. The number of benzene rings is 2. The summed E-state index contributed by atoms with van der Waals surface area (Å²) in [5.41, 5.74) is -0.159. The van der Waals surface area contributed by atoms with Crippen molar-refractivity contribution in [1.82, 2.24) is 4.90 Å². The largest absolute Gasteiger partial charge is 0.482 e. The van der Waals surface area contributed by atoms with Gasteiger partial charge in [-0.1, -0.05) is 54.1 Å². The number of rotatable bonds is 5. The summed E-state index contributed by atoms with van der Waals surface area (Å²) in [4.78, 5) is 26.0. The molecule has 26 heavy (non-hydrogen) atoms. The van der Waals surface area contributed by atoms with Gasteiger partial charge in [-0.25, -0.2) is 0 Å². The summed E-state index contributed by atoms with van der Waals surface area (Å²) in [6, 6.07) is 16.2. The monoisotopic (exact) mass is 373 g/mol. The van der Waals surface area contributed by atoms with Crippen molar-refractivity contribution in [2.24, 2.45) is 0 Å². The van der Waals surface area contributed by atoms with Gasteiger partial charge in [-0.15, -0.1) is 0 Å². The van der Waals surface area contributed by atoms with E-state index in [4.69, 9.17) is 16.3 Å². The number of carbonyl (C=O) groups excluding carboxylic acids is 1. The molecule has 0 radical (unpaired) electrons. The second-order valence-electron chi connectivity index (χ2n) is 6.35. The first-order chi connectivity index (χ1) is 12.5. The molecule has 5 nitrogen and oxygen atoms in total. The van der Waals surface area contributed by atoms with Crippen LogP contribution >= 0.6 is 11.6 Å². The van der Waals surface area contributed by atoms with Gasteiger partial charge in [0.1, 0.15) is 5.75 Å². The van der Waals surface area contributed by atoms with Crippen LogP contribution in [0.25, 0.3) is 0 Å². The summed E-state index contributed by atoms with van der Waals surface area (Å²) < 4.78 is 5.50. The highest BCUT2D eigenvalue weighted by molar-refractivity contribution is 6.32. The van der Waals surface area contributed by atoms with Crippen LogP contribution in [-0.2, 0) is 15.0 Å². The molecule has 1 aliphatic heterocycles. The van der Waals surface area contributed by atoms with Gasteiger partial charge in [-0.2, -0.15) is 0 Å². The number of piperidine rings is 1. The normalized spacial score (nSPS) is 16.1. The number of carboxylic acid groups (broad SMARTS) is 1. The summed E-state index contributed by atoms with van der Waals surface area (Å²) in [6.07, 6.45) is 0.758. The molecule has 1 heterocycles. The Kier molecular flexibility index (Phi) is 5.47. The van der Waals surface area contributed by atoms with Crippen molar-refractivity contribution in [2.45, 2.75) is 18.3 Å². The summed E-state index contributed by atoms with van der Waals surface area (Å²) in [7, 11) is 0. The minimum atomic E-state index is -0.943. The second kappa shape index (κ2) is 7.79. The first-order valence-corrected chi connectivity index (χ1v) is 8.85. The zero-order valence-corrected chi connectivity index (χ0v) is 15.0. The van der Waals surface area contributed by atoms with Gasteiger partial charge in [0.15, 0.2) is 6.61 Å². The fourth-order valence-electron chi connectivity index (χ4n) is 3.31. The minimum Gasteiger partial charge on any atom is -0.482 e. The molecule has 3 rings (SSSR count). The van der Waals surface area contributed by atoms with E-state index in [0.29, 0.717) is 36.7 Å². The van der Waals surface area contributed by atoms with Gasteiger partial charge in [-0.05, 0) is 30.5 Å². The molecule has 136 valence electrons. The molecular weight excluding hydrogens is 354 g/mol. The Labute approximate surface area is 157 Å². The van der Waals surface area contributed by atoms with Crippen LogP contribution in [0.3, 0.4) is 0 Å². The number of carbonyl (C=O) groups is 2. The lowest BCUT2D eigenvalue weighted by Crippen LogP contribution is -2.50. The Morgan fingerprint density at radius 1 is 1.04 bits per heavy atom. The molecule has 1 amide bonds. The standard InChI is InChI=1S/C20H20ClNO4/c21-16-8-4-5-9-17(16)26-14-18(23)22-12-10-20(11-13-22,19(24)25)15-6-2-1-3-7-15/h1-9H,10-14H2,(H,24,25). The second-order valence-corrected chi connectivity index (χ2v) is 6.76. The molecule has 0 unspecified atom stereocenters. The number of hydrogen-bond donors (Lipinski definition) is 1. The van der Waals surface area contributed by atoms with Crippen LogP contribution in [-0.4, -0.2) is 41.6 Å². The van der Waals surface area contributed by atoms with Gasteiger partial charge in [0.25, 0.3) is 5.91 Å². The number of amides is 1. The molecule has 1 fully saturated rings. The maximum absolute atomic E-state index is 12.4. The lowest BCUT2D eigenvalue weighted by Gasteiger charge is -2.39. The van der Waals surface area contributed by atoms with Crippen molar-refractivity contribution in [3.63, 3.8) is 0 Å². The summed E-state index contributed by atoms with van der Waals surface area (Å²) in [5, 5.41) is 10.3. The molecule has 0 spiro atoms. The summed E-state index contributed by atoms with van der Waals surface area (Å²) in [5.74, 6) is -0.552. The Balaban J connectivity index is 1.63. The minimum absolute atomic E-state index is 0.116. The van der Waals surface area contributed by atoms with E-state index in [0.717, 1.165) is 5.56 Å². The van der Waals surface area contributed by atoms with E-state index in [2.05, 4.69) is 0 Å². The maximum Gasteiger partial charge on any atom is 0.314 e. The van der Waals surface area contributed by atoms with Crippen LogP contribution in [0.1, 0.15) is 18.4 Å². The number of hydrogen-bond acceptors (Lipinski definition) is 3. The van der Waals surface area contributed by atoms with E-state index in [1.54, 1.807) is 29.2 Å². The smallest absolute Gasteiger partial charge is 0.314 e. The average molecular weight is 374 g/mol. The van der Waals surface area contributed by atoms with Crippen molar-refractivity contribution in [1.29, 1.82) is 0 Å². The molecule has 0 saturated carbocycles. The predicted octanol–water partition coefficient (Wildman–Crippen LogP) is 3.36. The van der Waals surface area contributed by atoms with Crippen molar-refractivity contribution in [3.8, 4) is 5.75 Å². The first-order valence-electron chi connectivity index (χ1n) is 8.47. The molecule has 0 aromatic heterocycles. The number of likely N-dealkylation sites (tertiary alicyclic amines) is 1. The lowest BCUT2D eigenvalue weighted by atomic mass is 9.73. The van der Waals surface area contributed by atoms with Crippen LogP contribution in [0, 0.1) is 0 Å². The Bertz CT molecular complexity index is 785. The van der Waals surface area contributed by atoms with Crippen molar-refractivity contribution in [3.05, 3.63) is 65.2 Å².